The van der Waals surface area contributed by atoms with Gasteiger partial charge in [0.2, 0.25) is 0 Å². The third-order valence-corrected chi connectivity index (χ3v) is 2.42. The lowest BCUT2D eigenvalue weighted by Gasteiger charge is -2.06. The Morgan fingerprint density at radius 1 is 1.44 bits per heavy atom. The highest BCUT2D eigenvalue weighted by atomic mass is 16.5. The second kappa shape index (κ2) is 4.79. The number of hydrogen-bond acceptors (Lipinski definition) is 5. The van der Waals surface area contributed by atoms with Crippen LogP contribution in [0.2, 0.25) is 0 Å². The first-order valence-electron chi connectivity index (χ1n) is 5.36. The Kier molecular flexibility index (Phi) is 3.18. The maximum Gasteiger partial charge on any atom is 0.340 e. The van der Waals surface area contributed by atoms with Crippen molar-refractivity contribution in [1.82, 2.24) is 9.78 Å². The average Bonchev–Trinajstić information content (AvgIpc) is 2.72. The zero-order chi connectivity index (χ0) is 13.1. The SMILES string of the molecule is Cn1cc(COC(=O)c2ccc(N)cc2N)cn1. The van der Waals surface area contributed by atoms with Crippen LogP contribution in [0.4, 0.5) is 11.4 Å². The van der Waals surface area contributed by atoms with Gasteiger partial charge in [0.25, 0.3) is 0 Å². The molecule has 0 amide bonds. The lowest BCUT2D eigenvalue weighted by Crippen LogP contribution is -2.08. The Bertz CT molecular complexity index is 577. The van der Waals surface area contributed by atoms with Gasteiger partial charge in [-0.15, -0.1) is 0 Å². The van der Waals surface area contributed by atoms with Crippen LogP contribution in [0.15, 0.2) is 30.6 Å². The summed E-state index contributed by atoms with van der Waals surface area (Å²) < 4.78 is 6.77. The number of nitrogens with zero attached hydrogens (tertiary/aromatic N) is 2. The van der Waals surface area contributed by atoms with Gasteiger partial charge in [0.15, 0.2) is 0 Å². The molecular formula is C12H14N4O2. The predicted molar refractivity (Wildman–Crippen MR) is 67.6 cm³/mol. The molecule has 2 aromatic rings. The predicted octanol–water partition coefficient (Wildman–Crippen LogP) is 0.942. The molecule has 0 atom stereocenters. The highest BCUT2D eigenvalue weighted by Gasteiger charge is 2.11. The van der Waals surface area contributed by atoms with Gasteiger partial charge < -0.3 is 16.2 Å². The molecule has 0 aliphatic carbocycles. The largest absolute Gasteiger partial charge is 0.457 e. The standard InChI is InChI=1S/C12H14N4O2/c1-16-6-8(5-15-16)7-18-12(17)10-3-2-9(13)4-11(10)14/h2-6H,7,13-14H2,1H3. The van der Waals surface area contributed by atoms with E-state index >= 15 is 0 Å². The molecule has 4 N–H and O–H groups in total. The van der Waals surface area contributed by atoms with Crippen molar-refractivity contribution in [2.75, 3.05) is 11.5 Å². The van der Waals surface area contributed by atoms with Crippen LogP contribution >= 0.6 is 0 Å². The number of aryl methyl sites for hydroxylation is 1. The summed E-state index contributed by atoms with van der Waals surface area (Å²) in [6.07, 6.45) is 3.42. The number of carbonyl (C=O) groups excluding carboxylic acids is 1. The van der Waals surface area contributed by atoms with E-state index in [0.717, 1.165) is 5.56 Å². The Morgan fingerprint density at radius 2 is 2.22 bits per heavy atom. The number of hydrogen-bond donors (Lipinski definition) is 2. The van der Waals surface area contributed by atoms with Crippen LogP contribution in [0.1, 0.15) is 15.9 Å². The van der Waals surface area contributed by atoms with Gasteiger partial charge in [0.05, 0.1) is 11.8 Å². The van der Waals surface area contributed by atoms with Crippen LogP contribution in [0, 0.1) is 0 Å². The Morgan fingerprint density at radius 3 is 2.83 bits per heavy atom. The first kappa shape index (κ1) is 12.0. The zero-order valence-corrected chi connectivity index (χ0v) is 9.96. The first-order valence-corrected chi connectivity index (χ1v) is 5.36. The van der Waals surface area contributed by atoms with Crippen LogP contribution in [0.3, 0.4) is 0 Å². The van der Waals surface area contributed by atoms with Crippen molar-refractivity contribution in [3.05, 3.63) is 41.7 Å². The van der Waals surface area contributed by atoms with Crippen LogP contribution in [0.25, 0.3) is 0 Å². The molecule has 0 unspecified atom stereocenters. The maximum atomic E-state index is 11.8. The van der Waals surface area contributed by atoms with Crippen molar-refractivity contribution in [2.45, 2.75) is 6.61 Å². The molecule has 0 radical (unpaired) electrons. The van der Waals surface area contributed by atoms with Crippen LogP contribution in [-0.2, 0) is 18.4 Å². The second-order valence-corrected chi connectivity index (χ2v) is 3.95. The molecule has 0 fully saturated rings. The lowest BCUT2D eigenvalue weighted by atomic mass is 10.1. The topological polar surface area (TPSA) is 96.2 Å². The summed E-state index contributed by atoms with van der Waals surface area (Å²) in [5, 5.41) is 3.98. The molecule has 0 aliphatic rings. The molecule has 0 bridgehead atoms. The summed E-state index contributed by atoms with van der Waals surface area (Å²) in [7, 11) is 1.79. The molecular weight excluding hydrogens is 232 g/mol. The summed E-state index contributed by atoms with van der Waals surface area (Å²) in [5.74, 6) is -0.476. The van der Waals surface area contributed by atoms with Gasteiger partial charge in [-0.1, -0.05) is 0 Å². The number of benzene rings is 1. The fourth-order valence-corrected chi connectivity index (χ4v) is 1.54. The molecule has 2 rings (SSSR count). The Balaban J connectivity index is 2.03. The number of anilines is 2. The van der Waals surface area contributed by atoms with Crippen molar-refractivity contribution in [1.29, 1.82) is 0 Å². The van der Waals surface area contributed by atoms with Crippen molar-refractivity contribution in [3.8, 4) is 0 Å². The zero-order valence-electron chi connectivity index (χ0n) is 9.96. The minimum atomic E-state index is -0.476. The van der Waals surface area contributed by atoms with E-state index in [1.54, 1.807) is 36.3 Å². The normalized spacial score (nSPS) is 10.3. The molecule has 0 saturated carbocycles. The van der Waals surface area contributed by atoms with Crippen LogP contribution in [0.5, 0.6) is 0 Å². The number of ether oxygens (including phenoxy) is 1. The number of nitrogen functional groups attached to an aromatic ring is 2. The highest BCUT2D eigenvalue weighted by Crippen LogP contribution is 2.17. The van der Waals surface area contributed by atoms with Gasteiger partial charge >= 0.3 is 5.97 Å². The van der Waals surface area contributed by atoms with E-state index in [9.17, 15) is 4.79 Å². The molecule has 0 spiro atoms. The number of aromatic nitrogens is 2. The number of carbonyl (C=O) groups is 1. The van der Waals surface area contributed by atoms with Gasteiger partial charge in [0.1, 0.15) is 6.61 Å². The minimum Gasteiger partial charge on any atom is -0.457 e. The second-order valence-electron chi connectivity index (χ2n) is 3.95. The quantitative estimate of drug-likeness (QED) is 0.620. The summed E-state index contributed by atoms with van der Waals surface area (Å²) in [4.78, 5) is 11.8. The molecule has 6 nitrogen and oxygen atoms in total. The number of nitrogens with two attached hydrogens (primary N) is 2. The van der Waals surface area contributed by atoms with Gasteiger partial charge in [-0.05, 0) is 18.2 Å². The minimum absolute atomic E-state index is 0.163. The average molecular weight is 246 g/mol. The van der Waals surface area contributed by atoms with E-state index in [1.165, 1.54) is 6.07 Å². The van der Waals surface area contributed by atoms with E-state index in [2.05, 4.69) is 5.10 Å². The molecule has 6 heteroatoms. The Hall–Kier alpha value is -2.50. The molecule has 18 heavy (non-hydrogen) atoms. The van der Waals surface area contributed by atoms with Gasteiger partial charge in [-0.25, -0.2) is 4.79 Å². The smallest absolute Gasteiger partial charge is 0.340 e. The van der Waals surface area contributed by atoms with Crippen LogP contribution < -0.4 is 11.5 Å². The van der Waals surface area contributed by atoms with Crippen LogP contribution in [-0.4, -0.2) is 15.7 Å². The highest BCUT2D eigenvalue weighted by molar-refractivity contribution is 5.95. The summed E-state index contributed by atoms with van der Waals surface area (Å²) in [6.45, 7) is 0.163. The van der Waals surface area contributed by atoms with E-state index < -0.39 is 5.97 Å². The molecule has 1 aromatic carbocycles. The lowest BCUT2D eigenvalue weighted by molar-refractivity contribution is 0.0474. The number of rotatable bonds is 3. The molecule has 0 saturated heterocycles. The summed E-state index contributed by atoms with van der Waals surface area (Å²) in [6, 6.07) is 4.69. The van der Waals surface area contributed by atoms with Crippen molar-refractivity contribution >= 4 is 17.3 Å². The number of esters is 1. The summed E-state index contributed by atoms with van der Waals surface area (Å²) >= 11 is 0. The van der Waals surface area contributed by atoms with Crippen molar-refractivity contribution in [2.24, 2.45) is 7.05 Å². The van der Waals surface area contributed by atoms with Gasteiger partial charge in [-0.2, -0.15) is 5.10 Å². The molecule has 1 heterocycles. The fourth-order valence-electron chi connectivity index (χ4n) is 1.54. The first-order chi connectivity index (χ1) is 8.56. The molecule has 0 aliphatic heterocycles. The molecule has 1 aromatic heterocycles. The van der Waals surface area contributed by atoms with Crippen molar-refractivity contribution < 1.29 is 9.53 Å². The molecule has 94 valence electrons. The van der Waals surface area contributed by atoms with E-state index in [0.29, 0.717) is 16.9 Å². The third-order valence-electron chi connectivity index (χ3n) is 2.42. The van der Waals surface area contributed by atoms with Gasteiger partial charge in [-0.3, -0.25) is 4.68 Å². The van der Waals surface area contributed by atoms with Gasteiger partial charge in [0, 0.05) is 30.2 Å². The Labute approximate surface area is 104 Å². The monoisotopic (exact) mass is 246 g/mol. The fraction of sp³-hybridized carbons (Fsp3) is 0.167. The van der Waals surface area contributed by atoms with E-state index in [-0.39, 0.29) is 6.61 Å². The van der Waals surface area contributed by atoms with E-state index in [4.69, 9.17) is 16.2 Å². The maximum absolute atomic E-state index is 11.8. The van der Waals surface area contributed by atoms with E-state index in [1.807, 2.05) is 0 Å². The summed E-state index contributed by atoms with van der Waals surface area (Å²) in [5.41, 5.74) is 13.2. The van der Waals surface area contributed by atoms with Crippen molar-refractivity contribution in [3.63, 3.8) is 0 Å². The third kappa shape index (κ3) is 2.60.